The van der Waals surface area contributed by atoms with Gasteiger partial charge in [-0.1, -0.05) is 39.7 Å². The van der Waals surface area contributed by atoms with Gasteiger partial charge >= 0.3 is 0 Å². The number of furan rings is 1. The van der Waals surface area contributed by atoms with Gasteiger partial charge in [0.2, 0.25) is 0 Å². The van der Waals surface area contributed by atoms with Crippen LogP contribution in [0.5, 0.6) is 0 Å². The molecule has 2 N–H and O–H groups in total. The molecule has 5 nitrogen and oxygen atoms in total. The van der Waals surface area contributed by atoms with Crippen LogP contribution >= 0.6 is 27.5 Å². The van der Waals surface area contributed by atoms with Gasteiger partial charge in [-0.3, -0.25) is 9.59 Å². The number of fused-ring (bicyclic) bond motifs is 2. The summed E-state index contributed by atoms with van der Waals surface area (Å²) in [5, 5.41) is 6.86. The van der Waals surface area contributed by atoms with Crippen molar-refractivity contribution in [2.45, 2.75) is 13.0 Å². The fraction of sp³-hybridized carbons (Fsp3) is 0.0833. The molecule has 1 aromatic heterocycles. The number of anilines is 1. The van der Waals surface area contributed by atoms with E-state index in [9.17, 15) is 14.0 Å². The van der Waals surface area contributed by atoms with Gasteiger partial charge in [-0.15, -0.1) is 0 Å². The van der Waals surface area contributed by atoms with Gasteiger partial charge in [-0.2, -0.15) is 0 Å². The molecular formula is C24H15BrClFN2O3. The quantitative estimate of drug-likeness (QED) is 0.334. The molecule has 1 atom stereocenters. The first-order valence-electron chi connectivity index (χ1n) is 9.71. The minimum atomic E-state index is -0.717. The molecule has 0 radical (unpaired) electrons. The number of benzene rings is 3. The van der Waals surface area contributed by atoms with E-state index >= 15 is 0 Å². The number of hydrogen-bond donors (Lipinski definition) is 2. The molecule has 2 amide bonds. The first-order valence-corrected chi connectivity index (χ1v) is 10.9. The summed E-state index contributed by atoms with van der Waals surface area (Å²) >= 11 is 9.72. The van der Waals surface area contributed by atoms with Crippen molar-refractivity contribution in [1.29, 1.82) is 0 Å². The highest BCUT2D eigenvalue weighted by atomic mass is 79.9. The molecule has 0 bridgehead atoms. The fourth-order valence-electron chi connectivity index (χ4n) is 4.03. The van der Waals surface area contributed by atoms with Crippen molar-refractivity contribution in [3.8, 4) is 0 Å². The minimum Gasteiger partial charge on any atom is -0.461 e. The molecule has 0 spiro atoms. The van der Waals surface area contributed by atoms with Gasteiger partial charge in [0, 0.05) is 37.3 Å². The number of amides is 2. The van der Waals surface area contributed by atoms with Crippen LogP contribution in [0.2, 0.25) is 5.02 Å². The highest BCUT2D eigenvalue weighted by Crippen LogP contribution is 2.41. The molecule has 0 saturated carbocycles. The van der Waals surface area contributed by atoms with Gasteiger partial charge < -0.3 is 15.1 Å². The third-order valence-corrected chi connectivity index (χ3v) is 6.18. The summed E-state index contributed by atoms with van der Waals surface area (Å²) in [7, 11) is 0. The molecular weight excluding hydrogens is 499 g/mol. The van der Waals surface area contributed by atoms with E-state index in [2.05, 4.69) is 26.6 Å². The first kappa shape index (κ1) is 20.7. The van der Waals surface area contributed by atoms with Crippen molar-refractivity contribution < 1.29 is 18.4 Å². The molecule has 1 unspecified atom stereocenters. The highest BCUT2D eigenvalue weighted by Gasteiger charge is 2.34. The fourth-order valence-corrected chi connectivity index (χ4v) is 4.72. The molecule has 32 heavy (non-hydrogen) atoms. The number of rotatable bonds is 3. The Bertz CT molecular complexity index is 1430. The maximum atomic E-state index is 14.0. The Balaban J connectivity index is 1.61. The van der Waals surface area contributed by atoms with Crippen molar-refractivity contribution in [3.63, 3.8) is 0 Å². The SMILES string of the molecule is Cc1cc2cccc(C(=O)Nc3cc(Br)cc4c3C(c3cc(F)ccc3Cl)NC4=O)c2o1. The van der Waals surface area contributed by atoms with Crippen LogP contribution in [0.1, 0.15) is 43.6 Å². The molecule has 2 heterocycles. The average molecular weight is 514 g/mol. The lowest BCUT2D eigenvalue weighted by Crippen LogP contribution is -2.21. The van der Waals surface area contributed by atoms with Crippen LogP contribution in [0.25, 0.3) is 11.0 Å². The molecule has 0 saturated heterocycles. The van der Waals surface area contributed by atoms with E-state index in [1.165, 1.54) is 18.2 Å². The zero-order valence-electron chi connectivity index (χ0n) is 16.6. The Morgan fingerprint density at radius 3 is 2.81 bits per heavy atom. The van der Waals surface area contributed by atoms with Crippen LogP contribution < -0.4 is 10.6 Å². The summed E-state index contributed by atoms with van der Waals surface area (Å²) in [6.07, 6.45) is 0. The first-order chi connectivity index (χ1) is 15.3. The second kappa shape index (κ2) is 7.76. The van der Waals surface area contributed by atoms with Crippen molar-refractivity contribution in [1.82, 2.24) is 5.32 Å². The summed E-state index contributed by atoms with van der Waals surface area (Å²) in [6.45, 7) is 1.81. The van der Waals surface area contributed by atoms with Gasteiger partial charge in [0.1, 0.15) is 17.2 Å². The van der Waals surface area contributed by atoms with Crippen molar-refractivity contribution in [2.24, 2.45) is 0 Å². The Morgan fingerprint density at radius 1 is 1.19 bits per heavy atom. The van der Waals surface area contributed by atoms with Crippen LogP contribution in [0.3, 0.4) is 0 Å². The third kappa shape index (κ3) is 3.47. The van der Waals surface area contributed by atoms with E-state index < -0.39 is 17.8 Å². The van der Waals surface area contributed by atoms with Crippen LogP contribution in [0.15, 0.2) is 63.5 Å². The normalized spacial score (nSPS) is 15.0. The Morgan fingerprint density at radius 2 is 2.00 bits per heavy atom. The van der Waals surface area contributed by atoms with Crippen LogP contribution in [0, 0.1) is 12.7 Å². The molecule has 3 aromatic carbocycles. The van der Waals surface area contributed by atoms with E-state index in [0.29, 0.717) is 48.8 Å². The number of hydrogen-bond acceptors (Lipinski definition) is 3. The van der Waals surface area contributed by atoms with Crippen molar-refractivity contribution in [3.05, 3.63) is 97.9 Å². The highest BCUT2D eigenvalue weighted by molar-refractivity contribution is 9.10. The Hall–Kier alpha value is -3.16. The van der Waals surface area contributed by atoms with Crippen LogP contribution in [0.4, 0.5) is 10.1 Å². The second-order valence-corrected chi connectivity index (χ2v) is 8.84. The number of aryl methyl sites for hydroxylation is 1. The molecule has 8 heteroatoms. The van der Waals surface area contributed by atoms with Crippen LogP contribution in [-0.2, 0) is 0 Å². The number of nitrogens with one attached hydrogen (secondary N) is 2. The summed E-state index contributed by atoms with van der Waals surface area (Å²) in [5.41, 5.74) is 2.53. The predicted molar refractivity (Wildman–Crippen MR) is 124 cm³/mol. The predicted octanol–water partition coefficient (Wildman–Crippen LogP) is 6.38. The summed E-state index contributed by atoms with van der Waals surface area (Å²) in [4.78, 5) is 25.9. The number of carbonyl (C=O) groups excluding carboxylic acids is 2. The third-order valence-electron chi connectivity index (χ3n) is 5.38. The van der Waals surface area contributed by atoms with E-state index in [0.717, 1.165) is 5.39 Å². The summed E-state index contributed by atoms with van der Waals surface area (Å²) in [5.74, 6) is -0.520. The van der Waals surface area contributed by atoms with Crippen LogP contribution in [-0.4, -0.2) is 11.8 Å². The molecule has 5 rings (SSSR count). The molecule has 0 fully saturated rings. The van der Waals surface area contributed by atoms with E-state index in [1.54, 1.807) is 24.3 Å². The monoisotopic (exact) mass is 512 g/mol. The zero-order chi connectivity index (χ0) is 22.6. The zero-order valence-corrected chi connectivity index (χ0v) is 19.0. The number of halogens is 3. The molecule has 4 aromatic rings. The van der Waals surface area contributed by atoms with Gasteiger partial charge in [0.15, 0.2) is 0 Å². The standard InChI is InChI=1S/C24H15BrClFN2O3/c1-11-7-12-3-2-4-15(22(12)32-11)23(30)28-19-9-13(25)8-17-20(19)21(29-24(17)31)16-10-14(27)5-6-18(16)26/h2-10,21H,1H3,(H,28,30)(H,29,31). The minimum absolute atomic E-state index is 0.306. The maximum absolute atomic E-state index is 14.0. The number of carbonyl (C=O) groups is 2. The largest absolute Gasteiger partial charge is 0.461 e. The van der Waals surface area contributed by atoms with E-state index in [1.807, 2.05) is 19.1 Å². The summed E-state index contributed by atoms with van der Waals surface area (Å²) < 4.78 is 20.3. The molecule has 160 valence electrons. The topological polar surface area (TPSA) is 71.3 Å². The Kier molecular flexibility index (Phi) is 5.03. The van der Waals surface area contributed by atoms with Crippen molar-refractivity contribution >= 4 is 56.0 Å². The lowest BCUT2D eigenvalue weighted by Gasteiger charge is -2.18. The van der Waals surface area contributed by atoms with E-state index in [-0.39, 0.29) is 5.91 Å². The van der Waals surface area contributed by atoms with Gasteiger partial charge in [0.25, 0.3) is 11.8 Å². The smallest absolute Gasteiger partial charge is 0.259 e. The van der Waals surface area contributed by atoms with E-state index in [4.69, 9.17) is 16.0 Å². The number of para-hydroxylation sites is 1. The average Bonchev–Trinajstić information content (AvgIpc) is 3.28. The Labute approximate surface area is 195 Å². The molecule has 1 aliphatic rings. The lowest BCUT2D eigenvalue weighted by molar-refractivity contribution is 0.0959. The summed E-state index contributed by atoms with van der Waals surface area (Å²) in [6, 6.07) is 13.8. The van der Waals surface area contributed by atoms with Crippen molar-refractivity contribution in [2.75, 3.05) is 5.32 Å². The maximum Gasteiger partial charge on any atom is 0.259 e. The van der Waals surface area contributed by atoms with Gasteiger partial charge in [0.05, 0.1) is 11.6 Å². The second-order valence-electron chi connectivity index (χ2n) is 7.52. The van der Waals surface area contributed by atoms with Gasteiger partial charge in [-0.25, -0.2) is 4.39 Å². The molecule has 1 aliphatic heterocycles. The van der Waals surface area contributed by atoms with Gasteiger partial charge in [-0.05, 0) is 49.4 Å². The molecule has 0 aliphatic carbocycles. The lowest BCUT2D eigenvalue weighted by atomic mass is 9.96.